The van der Waals surface area contributed by atoms with Crippen molar-refractivity contribution in [3.8, 4) is 11.5 Å². The van der Waals surface area contributed by atoms with Crippen LogP contribution in [-0.2, 0) is 4.79 Å². The summed E-state index contributed by atoms with van der Waals surface area (Å²) in [6.07, 6.45) is 0. The number of carbonyl (C=O) groups is 1. The van der Waals surface area contributed by atoms with Gasteiger partial charge in [-0.15, -0.1) is 0 Å². The largest absolute Gasteiger partial charge is 0.497 e. The van der Waals surface area contributed by atoms with Crippen LogP contribution in [0.4, 0.5) is 5.13 Å². The van der Waals surface area contributed by atoms with E-state index in [2.05, 4.69) is 10.3 Å². The molecular formula is C16H12Cl2N2O3S. The standard InChI is InChI=1S/C16H12Cl2N2O3S/c1-22-10-3-5-12-14(7-10)24-16(19-12)20-15(21)8-23-13-6-9(17)2-4-11(13)18/h2-7H,8H2,1H3,(H,19,20,21). The summed E-state index contributed by atoms with van der Waals surface area (Å²) in [7, 11) is 1.60. The van der Waals surface area contributed by atoms with Crippen molar-refractivity contribution in [1.29, 1.82) is 0 Å². The number of thiazole rings is 1. The minimum Gasteiger partial charge on any atom is -0.497 e. The van der Waals surface area contributed by atoms with Gasteiger partial charge in [-0.05, 0) is 30.3 Å². The van der Waals surface area contributed by atoms with Gasteiger partial charge in [0.2, 0.25) is 0 Å². The average molecular weight is 383 g/mol. The lowest BCUT2D eigenvalue weighted by Gasteiger charge is -2.07. The van der Waals surface area contributed by atoms with Gasteiger partial charge in [0.15, 0.2) is 11.7 Å². The summed E-state index contributed by atoms with van der Waals surface area (Å²) in [5.41, 5.74) is 0.787. The van der Waals surface area contributed by atoms with Crippen LogP contribution in [0.3, 0.4) is 0 Å². The maximum absolute atomic E-state index is 12.0. The number of ether oxygens (including phenoxy) is 2. The van der Waals surface area contributed by atoms with Gasteiger partial charge in [-0.25, -0.2) is 4.98 Å². The van der Waals surface area contributed by atoms with Crippen molar-refractivity contribution in [1.82, 2.24) is 4.98 Å². The molecule has 0 saturated carbocycles. The van der Waals surface area contributed by atoms with Crippen LogP contribution in [0, 0.1) is 0 Å². The van der Waals surface area contributed by atoms with Crippen LogP contribution in [0.1, 0.15) is 0 Å². The van der Waals surface area contributed by atoms with Crippen LogP contribution in [-0.4, -0.2) is 24.6 Å². The number of aromatic nitrogens is 1. The van der Waals surface area contributed by atoms with Crippen molar-refractivity contribution in [2.45, 2.75) is 0 Å². The number of rotatable bonds is 5. The highest BCUT2D eigenvalue weighted by Crippen LogP contribution is 2.30. The zero-order chi connectivity index (χ0) is 17.1. The smallest absolute Gasteiger partial charge is 0.264 e. The molecular weight excluding hydrogens is 371 g/mol. The van der Waals surface area contributed by atoms with Crippen molar-refractivity contribution in [2.24, 2.45) is 0 Å². The lowest BCUT2D eigenvalue weighted by atomic mass is 10.3. The molecule has 24 heavy (non-hydrogen) atoms. The molecule has 0 aliphatic rings. The first kappa shape index (κ1) is 16.8. The van der Waals surface area contributed by atoms with E-state index in [1.54, 1.807) is 25.3 Å². The topological polar surface area (TPSA) is 60.5 Å². The third kappa shape index (κ3) is 3.90. The van der Waals surface area contributed by atoms with Crippen LogP contribution in [0.5, 0.6) is 11.5 Å². The highest BCUT2D eigenvalue weighted by atomic mass is 35.5. The predicted octanol–water partition coefficient (Wildman–Crippen LogP) is 4.63. The quantitative estimate of drug-likeness (QED) is 0.698. The van der Waals surface area contributed by atoms with Gasteiger partial charge in [0.1, 0.15) is 11.5 Å². The summed E-state index contributed by atoms with van der Waals surface area (Å²) >= 11 is 13.2. The Morgan fingerprint density at radius 3 is 2.88 bits per heavy atom. The minimum absolute atomic E-state index is 0.195. The van der Waals surface area contributed by atoms with E-state index in [1.807, 2.05) is 18.2 Å². The predicted molar refractivity (Wildman–Crippen MR) is 96.8 cm³/mol. The monoisotopic (exact) mass is 382 g/mol. The van der Waals surface area contributed by atoms with Gasteiger partial charge in [-0.2, -0.15) is 0 Å². The second-order valence-electron chi connectivity index (χ2n) is 4.76. The van der Waals surface area contributed by atoms with E-state index in [0.717, 1.165) is 16.0 Å². The molecule has 5 nitrogen and oxygen atoms in total. The fourth-order valence-electron chi connectivity index (χ4n) is 1.97. The van der Waals surface area contributed by atoms with E-state index < -0.39 is 0 Å². The number of hydrogen-bond acceptors (Lipinski definition) is 5. The zero-order valence-corrected chi connectivity index (χ0v) is 14.8. The Morgan fingerprint density at radius 1 is 1.25 bits per heavy atom. The molecule has 0 radical (unpaired) electrons. The second kappa shape index (κ2) is 7.25. The highest BCUT2D eigenvalue weighted by Gasteiger charge is 2.10. The van der Waals surface area contributed by atoms with Crippen LogP contribution in [0.2, 0.25) is 10.0 Å². The number of anilines is 1. The SMILES string of the molecule is COc1ccc2nc(NC(=O)COc3cc(Cl)ccc3Cl)sc2c1. The Hall–Kier alpha value is -2.02. The number of nitrogens with one attached hydrogen (secondary N) is 1. The summed E-state index contributed by atoms with van der Waals surface area (Å²) in [6.45, 7) is -0.195. The number of benzene rings is 2. The third-order valence-corrected chi connectivity index (χ3v) is 4.57. The Balaban J connectivity index is 1.65. The van der Waals surface area contributed by atoms with Gasteiger partial charge in [-0.3, -0.25) is 10.1 Å². The third-order valence-electron chi connectivity index (χ3n) is 3.09. The van der Waals surface area contributed by atoms with E-state index >= 15 is 0 Å². The fraction of sp³-hybridized carbons (Fsp3) is 0.125. The average Bonchev–Trinajstić information content (AvgIpc) is 2.96. The highest BCUT2D eigenvalue weighted by molar-refractivity contribution is 7.22. The van der Waals surface area contributed by atoms with Crippen molar-refractivity contribution in [3.05, 3.63) is 46.4 Å². The number of halogens is 2. The molecule has 0 aliphatic carbocycles. The van der Waals surface area contributed by atoms with Crippen molar-refractivity contribution < 1.29 is 14.3 Å². The molecule has 1 amide bonds. The maximum atomic E-state index is 12.0. The van der Waals surface area contributed by atoms with Gasteiger partial charge in [0.25, 0.3) is 5.91 Å². The summed E-state index contributed by atoms with van der Waals surface area (Å²) in [4.78, 5) is 16.4. The Labute approximate surface area is 152 Å². The lowest BCUT2D eigenvalue weighted by molar-refractivity contribution is -0.118. The van der Waals surface area contributed by atoms with Crippen LogP contribution >= 0.6 is 34.5 Å². The van der Waals surface area contributed by atoms with E-state index in [4.69, 9.17) is 32.7 Å². The van der Waals surface area contributed by atoms with Gasteiger partial charge < -0.3 is 9.47 Å². The summed E-state index contributed by atoms with van der Waals surface area (Å²) in [5.74, 6) is 0.758. The number of nitrogens with zero attached hydrogens (tertiary/aromatic N) is 1. The first-order valence-electron chi connectivity index (χ1n) is 6.87. The van der Waals surface area contributed by atoms with E-state index in [-0.39, 0.29) is 12.5 Å². The van der Waals surface area contributed by atoms with Crippen molar-refractivity contribution in [3.63, 3.8) is 0 Å². The number of carbonyl (C=O) groups excluding carboxylic acids is 1. The molecule has 8 heteroatoms. The van der Waals surface area contributed by atoms with Crippen molar-refractivity contribution >= 4 is 55.8 Å². The van der Waals surface area contributed by atoms with Gasteiger partial charge in [-0.1, -0.05) is 34.5 Å². The van der Waals surface area contributed by atoms with Crippen LogP contribution in [0.25, 0.3) is 10.2 Å². The molecule has 1 N–H and O–H groups in total. The molecule has 0 aliphatic heterocycles. The van der Waals surface area contributed by atoms with E-state index in [0.29, 0.717) is 20.9 Å². The summed E-state index contributed by atoms with van der Waals surface area (Å²) < 4.78 is 11.5. The second-order valence-corrected chi connectivity index (χ2v) is 6.64. The molecule has 0 fully saturated rings. The molecule has 2 aromatic carbocycles. The first-order chi connectivity index (χ1) is 11.5. The molecule has 124 valence electrons. The van der Waals surface area contributed by atoms with E-state index in [1.165, 1.54) is 11.3 Å². The molecule has 0 spiro atoms. The first-order valence-corrected chi connectivity index (χ1v) is 8.44. The van der Waals surface area contributed by atoms with Gasteiger partial charge in [0, 0.05) is 11.1 Å². The van der Waals surface area contributed by atoms with Crippen LogP contribution in [0.15, 0.2) is 36.4 Å². The molecule has 3 rings (SSSR count). The lowest BCUT2D eigenvalue weighted by Crippen LogP contribution is -2.20. The number of amides is 1. The summed E-state index contributed by atoms with van der Waals surface area (Å²) in [5, 5.41) is 4.06. The molecule has 1 aromatic heterocycles. The Bertz CT molecular complexity index is 898. The molecule has 3 aromatic rings. The minimum atomic E-state index is -0.336. The van der Waals surface area contributed by atoms with Crippen molar-refractivity contribution in [2.75, 3.05) is 19.0 Å². The normalized spacial score (nSPS) is 10.6. The maximum Gasteiger partial charge on any atom is 0.264 e. The zero-order valence-electron chi connectivity index (χ0n) is 12.5. The van der Waals surface area contributed by atoms with Gasteiger partial charge in [0.05, 0.1) is 22.3 Å². The van der Waals surface area contributed by atoms with Gasteiger partial charge >= 0.3 is 0 Å². The number of fused-ring (bicyclic) bond motifs is 1. The molecule has 0 bridgehead atoms. The van der Waals surface area contributed by atoms with Crippen LogP contribution < -0.4 is 14.8 Å². The molecule has 0 saturated heterocycles. The number of hydrogen-bond donors (Lipinski definition) is 1. The van der Waals surface area contributed by atoms with E-state index in [9.17, 15) is 4.79 Å². The molecule has 1 heterocycles. The Morgan fingerprint density at radius 2 is 2.08 bits per heavy atom. The Kier molecular flexibility index (Phi) is 5.08. The fourth-order valence-corrected chi connectivity index (χ4v) is 3.22. The number of methoxy groups -OCH3 is 1. The molecule has 0 unspecified atom stereocenters. The molecule has 0 atom stereocenters. The summed E-state index contributed by atoms with van der Waals surface area (Å²) in [6, 6.07) is 10.3.